The number of ether oxygens (including phenoxy) is 1. The van der Waals surface area contributed by atoms with Crippen LogP contribution in [0.2, 0.25) is 0 Å². The third-order valence-corrected chi connectivity index (χ3v) is 14.3. The molecule has 3 saturated heterocycles. The molecule has 2 aromatic carbocycles. The Morgan fingerprint density at radius 1 is 0.846 bits per heavy atom. The van der Waals surface area contributed by atoms with E-state index in [0.29, 0.717) is 23.1 Å². The fourth-order valence-electron chi connectivity index (χ4n) is 10.1. The van der Waals surface area contributed by atoms with Crippen LogP contribution in [0.1, 0.15) is 116 Å². The molecule has 346 valence electrons. The Morgan fingerprint density at radius 3 is 2.18 bits per heavy atom. The van der Waals surface area contributed by atoms with Crippen LogP contribution in [0.15, 0.2) is 42.7 Å². The molecule has 0 bridgehead atoms. The van der Waals surface area contributed by atoms with Crippen LogP contribution in [0.25, 0.3) is 11.1 Å². The Kier molecular flexibility index (Phi) is 12.2. The monoisotopic (exact) mass is 901 g/mol. The largest absolute Gasteiger partial charge is 0.490 e. The number of halogens is 3. The van der Waals surface area contributed by atoms with E-state index >= 15 is 0 Å². The van der Waals surface area contributed by atoms with Crippen molar-refractivity contribution in [2.24, 2.45) is 11.8 Å². The normalized spacial score (nSPS) is 23.4. The zero-order chi connectivity index (χ0) is 45.7. The van der Waals surface area contributed by atoms with Crippen molar-refractivity contribution in [2.75, 3.05) is 42.5 Å². The van der Waals surface area contributed by atoms with Crippen LogP contribution < -0.4 is 19.9 Å². The van der Waals surface area contributed by atoms with Gasteiger partial charge in [-0.2, -0.15) is 18.3 Å². The number of hydrogen-bond acceptors (Lipinski definition) is 10. The van der Waals surface area contributed by atoms with Crippen LogP contribution in [0.4, 0.5) is 24.5 Å². The fraction of sp³-hybridized carbons (Fsp3) is 0.553. The summed E-state index contributed by atoms with van der Waals surface area (Å²) in [7, 11) is 0. The molecule has 65 heavy (non-hydrogen) atoms. The lowest BCUT2D eigenvalue weighted by Crippen LogP contribution is -2.54. The maximum absolute atomic E-state index is 13.4. The van der Waals surface area contributed by atoms with Crippen molar-refractivity contribution < 1.29 is 51.8 Å². The Hall–Kier alpha value is -5.78. The van der Waals surface area contributed by atoms with Gasteiger partial charge in [-0.3, -0.25) is 38.9 Å². The second kappa shape index (κ2) is 17.9. The van der Waals surface area contributed by atoms with E-state index < -0.39 is 35.9 Å². The van der Waals surface area contributed by atoms with Crippen LogP contribution in [0.5, 0.6) is 5.75 Å². The molecule has 6 heterocycles. The van der Waals surface area contributed by atoms with Gasteiger partial charge in [0.15, 0.2) is 0 Å². The van der Waals surface area contributed by atoms with Crippen molar-refractivity contribution in [3.63, 3.8) is 0 Å². The van der Waals surface area contributed by atoms with Gasteiger partial charge in [0.2, 0.25) is 17.7 Å². The lowest BCUT2D eigenvalue weighted by atomic mass is 9.91. The first kappa shape index (κ1) is 44.4. The topological polar surface area (TPSA) is 175 Å². The van der Waals surface area contributed by atoms with Gasteiger partial charge in [-0.05, 0) is 120 Å². The number of benzene rings is 2. The van der Waals surface area contributed by atoms with Crippen molar-refractivity contribution in [1.29, 1.82) is 0 Å². The molecule has 5 fully saturated rings. The first-order valence-electron chi connectivity index (χ1n) is 23.0. The zero-order valence-corrected chi connectivity index (χ0v) is 36.4. The summed E-state index contributed by atoms with van der Waals surface area (Å²) in [4.78, 5) is 81.0. The molecule has 1 aromatic heterocycles. The predicted molar refractivity (Wildman–Crippen MR) is 230 cm³/mol. The maximum Gasteiger partial charge on any atom is 0.490 e. The number of rotatable bonds is 9. The highest BCUT2D eigenvalue weighted by Gasteiger charge is 2.45. The number of likely N-dealkylation sites (tertiary alicyclic amines) is 1. The lowest BCUT2D eigenvalue weighted by molar-refractivity contribution is -0.192. The number of piperidine rings is 3. The van der Waals surface area contributed by atoms with Gasteiger partial charge in [-0.1, -0.05) is 0 Å². The number of alkyl halides is 3. The molecule has 2 atom stereocenters. The van der Waals surface area contributed by atoms with Crippen LogP contribution in [0, 0.1) is 11.8 Å². The average Bonchev–Trinajstić information content (AvgIpc) is 3.96. The zero-order valence-electron chi connectivity index (χ0n) is 36.4. The van der Waals surface area contributed by atoms with E-state index in [9.17, 15) is 37.1 Å². The van der Waals surface area contributed by atoms with E-state index in [-0.39, 0.29) is 42.7 Å². The fourth-order valence-corrected chi connectivity index (χ4v) is 10.1. The van der Waals surface area contributed by atoms with Crippen molar-refractivity contribution in [1.82, 2.24) is 24.9 Å². The minimum atomic E-state index is -5.08. The van der Waals surface area contributed by atoms with Crippen LogP contribution >= 0.6 is 0 Å². The van der Waals surface area contributed by atoms with E-state index in [4.69, 9.17) is 19.7 Å². The van der Waals surface area contributed by atoms with E-state index in [1.165, 1.54) is 12.0 Å². The highest BCUT2D eigenvalue weighted by molar-refractivity contribution is 6.23. The summed E-state index contributed by atoms with van der Waals surface area (Å²) < 4.78 is 40.7. The number of fused-ring (bicyclic) bond motifs is 2. The van der Waals surface area contributed by atoms with Gasteiger partial charge < -0.3 is 24.5 Å². The summed E-state index contributed by atoms with van der Waals surface area (Å²) in [5, 5.41) is 14.3. The van der Waals surface area contributed by atoms with E-state index in [1.54, 1.807) is 12.1 Å². The summed E-state index contributed by atoms with van der Waals surface area (Å²) in [5.41, 5.74) is 5.94. The van der Waals surface area contributed by atoms with Gasteiger partial charge >= 0.3 is 12.1 Å². The SMILES string of the molecule is C[C@H]1CCc2c(ccc(-c3cnn(C4CCN(CC5CCN(c6ccc7c(c6)C(=O)N(C6CCC(=O)NC6=O)C7=O)CC5)CC4)c3)c2OC2CCC2)N1C(=O)C1CC1.O=C(O)C(F)(F)F. The Balaban J connectivity index is 0.000000706. The van der Waals surface area contributed by atoms with Crippen molar-refractivity contribution >= 4 is 46.9 Å². The molecule has 0 spiro atoms. The van der Waals surface area contributed by atoms with Crippen LogP contribution in [-0.4, -0.2) is 117 Å². The molecule has 2 aliphatic carbocycles. The van der Waals surface area contributed by atoms with Crippen molar-refractivity contribution in [3.8, 4) is 16.9 Å². The number of anilines is 2. The molecule has 0 radical (unpaired) electrons. The molecule has 5 amide bonds. The van der Waals surface area contributed by atoms with Gasteiger partial charge in [0.25, 0.3) is 11.8 Å². The van der Waals surface area contributed by atoms with Gasteiger partial charge in [0.1, 0.15) is 11.8 Å². The van der Waals surface area contributed by atoms with Gasteiger partial charge in [0.05, 0.1) is 35.2 Å². The molecule has 18 heteroatoms. The maximum atomic E-state index is 13.4. The second-order valence-electron chi connectivity index (χ2n) is 18.6. The number of carbonyl (C=O) groups excluding carboxylic acids is 5. The lowest BCUT2D eigenvalue weighted by Gasteiger charge is -2.38. The molecular weight excluding hydrogens is 848 g/mol. The van der Waals surface area contributed by atoms with E-state index in [0.717, 1.165) is 130 Å². The molecular formula is C47H54F3N7O8. The molecule has 15 nitrogen and oxygen atoms in total. The molecule has 2 saturated carbocycles. The number of hydrogen-bond donors (Lipinski definition) is 2. The van der Waals surface area contributed by atoms with Gasteiger partial charge in [0, 0.05) is 79.7 Å². The minimum absolute atomic E-state index is 0.103. The summed E-state index contributed by atoms with van der Waals surface area (Å²) in [6.07, 6.45) is 11.0. The first-order valence-corrected chi connectivity index (χ1v) is 23.0. The molecule has 5 aliphatic heterocycles. The standard InChI is InChI=1S/C45H53N7O6.C2HF3O2/c1-27-5-9-36-38(51(27)43(55)29-6-7-29)12-11-34(41(36)58-33-3-2-4-33)30-24-46-50(26-30)31-17-19-48(20-18-31)25-28-15-21-49(22-16-28)32-8-10-35-37(23-32)45(57)52(44(35)56)39-13-14-40(53)47-42(39)54;3-2(4,5)1(6)7/h8,10-12,23-24,26-29,31,33,39H,2-7,9,13-22,25H2,1H3,(H,47,53,54);(H,6,7)/t27-,39?;/m0./s1. The van der Waals surface area contributed by atoms with Crippen LogP contribution in [-0.2, 0) is 25.6 Å². The summed E-state index contributed by atoms with van der Waals surface area (Å²) in [6.45, 7) is 7.05. The number of imide groups is 2. The third kappa shape index (κ3) is 9.10. The number of carbonyl (C=O) groups is 6. The van der Waals surface area contributed by atoms with E-state index in [1.807, 2.05) is 12.3 Å². The molecule has 3 aromatic rings. The Bertz CT molecular complexity index is 2380. The average molecular weight is 902 g/mol. The predicted octanol–water partition coefficient (Wildman–Crippen LogP) is 6.15. The Labute approximate surface area is 374 Å². The van der Waals surface area contributed by atoms with Gasteiger partial charge in [-0.15, -0.1) is 0 Å². The van der Waals surface area contributed by atoms with E-state index in [2.05, 4.69) is 50.0 Å². The quantitative estimate of drug-likeness (QED) is 0.236. The van der Waals surface area contributed by atoms with Crippen LogP contribution in [0.3, 0.4) is 0 Å². The number of carboxylic acid groups (broad SMARTS) is 1. The molecule has 10 rings (SSSR count). The molecule has 7 aliphatic rings. The summed E-state index contributed by atoms with van der Waals surface area (Å²) in [5.74, 6) is -2.68. The number of nitrogens with zero attached hydrogens (tertiary/aromatic N) is 6. The number of carboxylic acids is 1. The molecule has 2 N–H and O–H groups in total. The van der Waals surface area contributed by atoms with Crippen molar-refractivity contribution in [3.05, 3.63) is 59.4 Å². The van der Waals surface area contributed by atoms with Gasteiger partial charge in [-0.25, -0.2) is 4.79 Å². The first-order chi connectivity index (χ1) is 31.1. The second-order valence-corrected chi connectivity index (χ2v) is 18.6. The summed E-state index contributed by atoms with van der Waals surface area (Å²) >= 11 is 0. The number of aliphatic carboxylic acids is 1. The number of amides is 5. The third-order valence-electron chi connectivity index (χ3n) is 14.3. The Morgan fingerprint density at radius 2 is 1.54 bits per heavy atom. The number of aromatic nitrogens is 2. The number of nitrogens with one attached hydrogen (secondary N) is 1. The highest BCUT2D eigenvalue weighted by Crippen LogP contribution is 2.46. The highest BCUT2D eigenvalue weighted by atomic mass is 19.4. The minimum Gasteiger partial charge on any atom is -0.489 e. The smallest absolute Gasteiger partial charge is 0.489 e. The van der Waals surface area contributed by atoms with Crippen molar-refractivity contribution in [2.45, 2.75) is 121 Å². The summed E-state index contributed by atoms with van der Waals surface area (Å²) in [6, 6.07) is 9.31. The molecule has 1 unspecified atom stereocenters.